The molecule has 0 N–H and O–H groups in total. The van der Waals surface area contributed by atoms with Crippen LogP contribution in [0.1, 0.15) is 16.8 Å². The van der Waals surface area contributed by atoms with Crippen LogP contribution in [0.5, 0.6) is 0 Å². The van der Waals surface area contributed by atoms with E-state index in [1.165, 1.54) is 20.9 Å². The minimum absolute atomic E-state index is 0.905. The van der Waals surface area contributed by atoms with Crippen molar-refractivity contribution in [3.05, 3.63) is 83.9 Å². The fraction of sp³-hybridized carbons (Fsp3) is 0.100. The number of nitrogens with zero attached hydrogens (tertiary/aromatic N) is 2. The standard InChI is InChI=1S/C20H18N2S2/c1-23-18-7-3-15(4-8-18)20(13-17-11-12-21-14-22-17)16-5-9-19(24-2)10-6-16/h3-14H,1-2H3. The fourth-order valence-electron chi connectivity index (χ4n) is 2.41. The van der Waals surface area contributed by atoms with Crippen LogP contribution in [-0.2, 0) is 0 Å². The Labute approximate surface area is 151 Å². The second-order valence-corrected chi connectivity index (χ2v) is 6.91. The maximum Gasteiger partial charge on any atom is 0.115 e. The van der Waals surface area contributed by atoms with Gasteiger partial charge in [-0.1, -0.05) is 24.3 Å². The van der Waals surface area contributed by atoms with Gasteiger partial charge in [-0.25, -0.2) is 9.97 Å². The predicted octanol–water partition coefficient (Wildman–Crippen LogP) is 5.51. The van der Waals surface area contributed by atoms with Gasteiger partial charge in [0, 0.05) is 16.0 Å². The molecule has 0 amide bonds. The topological polar surface area (TPSA) is 25.8 Å². The van der Waals surface area contributed by atoms with Crippen LogP contribution in [0.2, 0.25) is 0 Å². The zero-order valence-electron chi connectivity index (χ0n) is 13.6. The quantitative estimate of drug-likeness (QED) is 0.567. The molecule has 3 aromatic rings. The molecule has 0 bridgehead atoms. The van der Waals surface area contributed by atoms with Gasteiger partial charge in [0.25, 0.3) is 0 Å². The molecule has 0 saturated heterocycles. The van der Waals surface area contributed by atoms with Gasteiger partial charge in [0.1, 0.15) is 6.33 Å². The highest BCUT2D eigenvalue weighted by atomic mass is 32.2. The number of rotatable bonds is 5. The molecule has 0 aliphatic heterocycles. The first-order chi connectivity index (χ1) is 11.8. The average Bonchev–Trinajstić information content (AvgIpc) is 2.67. The zero-order chi connectivity index (χ0) is 16.8. The maximum absolute atomic E-state index is 4.34. The molecule has 0 atom stereocenters. The molecule has 2 nitrogen and oxygen atoms in total. The minimum Gasteiger partial charge on any atom is -0.245 e. The molecule has 0 spiro atoms. The number of benzene rings is 2. The van der Waals surface area contributed by atoms with Crippen LogP contribution < -0.4 is 0 Å². The van der Waals surface area contributed by atoms with Crippen LogP contribution in [0.4, 0.5) is 0 Å². The fourth-order valence-corrected chi connectivity index (χ4v) is 3.23. The highest BCUT2D eigenvalue weighted by molar-refractivity contribution is 7.98. The molecule has 0 fully saturated rings. The highest BCUT2D eigenvalue weighted by Crippen LogP contribution is 2.28. The van der Waals surface area contributed by atoms with E-state index >= 15 is 0 Å². The second-order valence-electron chi connectivity index (χ2n) is 5.15. The van der Waals surface area contributed by atoms with Crippen molar-refractivity contribution in [2.24, 2.45) is 0 Å². The van der Waals surface area contributed by atoms with Crippen molar-refractivity contribution in [1.29, 1.82) is 0 Å². The summed E-state index contributed by atoms with van der Waals surface area (Å²) in [6.07, 6.45) is 9.65. The monoisotopic (exact) mass is 350 g/mol. The Hall–Kier alpha value is -2.04. The number of hydrogen-bond acceptors (Lipinski definition) is 4. The third-order valence-corrected chi connectivity index (χ3v) is 5.19. The van der Waals surface area contributed by atoms with E-state index in [0.717, 1.165) is 11.3 Å². The molecule has 24 heavy (non-hydrogen) atoms. The van der Waals surface area contributed by atoms with Gasteiger partial charge >= 0.3 is 0 Å². The predicted molar refractivity (Wildman–Crippen MR) is 105 cm³/mol. The van der Waals surface area contributed by atoms with Gasteiger partial charge in [-0.3, -0.25) is 0 Å². The van der Waals surface area contributed by atoms with Crippen molar-refractivity contribution in [3.8, 4) is 0 Å². The lowest BCUT2D eigenvalue weighted by Crippen LogP contribution is -1.90. The van der Waals surface area contributed by atoms with Crippen molar-refractivity contribution in [2.75, 3.05) is 12.5 Å². The SMILES string of the molecule is CSc1ccc(C(=Cc2ccncn2)c2ccc(SC)cc2)cc1. The van der Waals surface area contributed by atoms with Crippen LogP contribution in [0.25, 0.3) is 11.6 Å². The van der Waals surface area contributed by atoms with E-state index in [4.69, 9.17) is 0 Å². The average molecular weight is 351 g/mol. The molecular formula is C20H18N2S2. The Bertz CT molecular complexity index is 761. The van der Waals surface area contributed by atoms with E-state index in [9.17, 15) is 0 Å². The summed E-state index contributed by atoms with van der Waals surface area (Å²) in [5.41, 5.74) is 4.43. The molecule has 0 aliphatic carbocycles. The van der Waals surface area contributed by atoms with Crippen molar-refractivity contribution < 1.29 is 0 Å². The molecule has 120 valence electrons. The van der Waals surface area contributed by atoms with Gasteiger partial charge in [-0.2, -0.15) is 0 Å². The molecule has 2 aromatic carbocycles. The number of aromatic nitrogens is 2. The lowest BCUT2D eigenvalue weighted by Gasteiger charge is -2.10. The van der Waals surface area contributed by atoms with E-state index < -0.39 is 0 Å². The van der Waals surface area contributed by atoms with Gasteiger partial charge in [-0.05, 0) is 65.6 Å². The van der Waals surface area contributed by atoms with Crippen LogP contribution in [0.15, 0.2) is 76.9 Å². The molecule has 0 saturated carbocycles. The normalized spacial score (nSPS) is 10.4. The lowest BCUT2D eigenvalue weighted by molar-refractivity contribution is 1.15. The van der Waals surface area contributed by atoms with Gasteiger partial charge < -0.3 is 0 Å². The van der Waals surface area contributed by atoms with E-state index in [1.807, 2.05) is 6.07 Å². The summed E-state index contributed by atoms with van der Waals surface area (Å²) in [6, 6.07) is 19.2. The summed E-state index contributed by atoms with van der Waals surface area (Å²) >= 11 is 3.50. The molecule has 4 heteroatoms. The van der Waals surface area contributed by atoms with Crippen molar-refractivity contribution in [1.82, 2.24) is 9.97 Å². The first kappa shape index (κ1) is 16.8. The van der Waals surface area contributed by atoms with Crippen LogP contribution in [-0.4, -0.2) is 22.5 Å². The van der Waals surface area contributed by atoms with Crippen LogP contribution in [0, 0.1) is 0 Å². The summed E-state index contributed by atoms with van der Waals surface area (Å²) in [4.78, 5) is 10.9. The lowest BCUT2D eigenvalue weighted by atomic mass is 9.97. The van der Waals surface area contributed by atoms with Crippen molar-refractivity contribution >= 4 is 35.2 Å². The number of hydrogen-bond donors (Lipinski definition) is 0. The Balaban J connectivity index is 2.07. The van der Waals surface area contributed by atoms with Crippen molar-refractivity contribution in [2.45, 2.75) is 9.79 Å². The number of thioether (sulfide) groups is 2. The molecule has 0 unspecified atom stereocenters. The Kier molecular flexibility index (Phi) is 5.72. The summed E-state index contributed by atoms with van der Waals surface area (Å²) in [5.74, 6) is 0. The van der Waals surface area contributed by atoms with E-state index in [1.54, 1.807) is 36.0 Å². The van der Waals surface area contributed by atoms with Crippen LogP contribution in [0.3, 0.4) is 0 Å². The third-order valence-electron chi connectivity index (χ3n) is 3.70. The molecule has 0 radical (unpaired) electrons. The molecule has 0 aliphatic rings. The Morgan fingerprint density at radius 2 is 1.33 bits per heavy atom. The van der Waals surface area contributed by atoms with E-state index in [2.05, 4.69) is 77.1 Å². The molecular weight excluding hydrogens is 332 g/mol. The zero-order valence-corrected chi connectivity index (χ0v) is 15.3. The summed E-state index contributed by atoms with van der Waals surface area (Å²) in [7, 11) is 0. The van der Waals surface area contributed by atoms with Gasteiger partial charge in [0.15, 0.2) is 0 Å². The summed E-state index contributed by atoms with van der Waals surface area (Å²) in [6.45, 7) is 0. The first-order valence-corrected chi connectivity index (χ1v) is 10.0. The summed E-state index contributed by atoms with van der Waals surface area (Å²) in [5, 5.41) is 0. The van der Waals surface area contributed by atoms with Gasteiger partial charge in [0.05, 0.1) is 5.69 Å². The van der Waals surface area contributed by atoms with Crippen molar-refractivity contribution in [3.63, 3.8) is 0 Å². The summed E-state index contributed by atoms with van der Waals surface area (Å²) < 4.78 is 0. The maximum atomic E-state index is 4.34. The third kappa shape index (κ3) is 4.08. The largest absolute Gasteiger partial charge is 0.245 e. The van der Waals surface area contributed by atoms with Crippen LogP contribution >= 0.6 is 23.5 Å². The molecule has 3 rings (SSSR count). The Morgan fingerprint density at radius 3 is 1.75 bits per heavy atom. The molecule has 1 aromatic heterocycles. The smallest absolute Gasteiger partial charge is 0.115 e. The second kappa shape index (κ2) is 8.18. The first-order valence-electron chi connectivity index (χ1n) is 7.57. The minimum atomic E-state index is 0.905. The van der Waals surface area contributed by atoms with Gasteiger partial charge in [0.2, 0.25) is 0 Å². The van der Waals surface area contributed by atoms with E-state index in [-0.39, 0.29) is 0 Å². The Morgan fingerprint density at radius 1 is 0.792 bits per heavy atom. The van der Waals surface area contributed by atoms with E-state index in [0.29, 0.717) is 0 Å². The molecule has 1 heterocycles. The van der Waals surface area contributed by atoms with Gasteiger partial charge in [-0.15, -0.1) is 23.5 Å². The highest BCUT2D eigenvalue weighted by Gasteiger charge is 2.07.